The number of nitrogens with zero attached hydrogens (tertiary/aromatic N) is 2. The summed E-state index contributed by atoms with van der Waals surface area (Å²) in [4.78, 5) is 2.00. The second-order valence-electron chi connectivity index (χ2n) is 9.05. The van der Waals surface area contributed by atoms with Gasteiger partial charge in [0.1, 0.15) is 36.0 Å². The van der Waals surface area contributed by atoms with E-state index in [1.54, 1.807) is 0 Å². The van der Waals surface area contributed by atoms with Crippen LogP contribution in [0.3, 0.4) is 0 Å². The molecule has 2 aromatic carbocycles. The molecule has 2 saturated heterocycles. The van der Waals surface area contributed by atoms with Gasteiger partial charge in [-0.3, -0.25) is 0 Å². The molecule has 4 heterocycles. The van der Waals surface area contributed by atoms with Gasteiger partial charge >= 0.3 is 0 Å². The van der Waals surface area contributed by atoms with Crippen LogP contribution < -0.4 is 5.32 Å². The van der Waals surface area contributed by atoms with Crippen molar-refractivity contribution in [1.82, 2.24) is 10.2 Å². The highest BCUT2D eigenvalue weighted by atomic mass is 35.5. The lowest BCUT2D eigenvalue weighted by molar-refractivity contribution is -0.0145. The summed E-state index contributed by atoms with van der Waals surface area (Å²) in [5.41, 5.74) is 5.29. The number of rotatable bonds is 4. The SMILES string of the molecule is CN1C(c2ccc(-c3ccccc3)cc2)=C(Cl)C=C2NC(O[C@@H]3COC4[C@H](O)CO[C@@H]43)=C(C#N)C21. The molecular weight excluding hydrogens is 466 g/mol. The van der Waals surface area contributed by atoms with Gasteiger partial charge in [0.2, 0.25) is 5.88 Å². The van der Waals surface area contributed by atoms with Gasteiger partial charge in [-0.25, -0.2) is 0 Å². The van der Waals surface area contributed by atoms with Gasteiger partial charge in [-0.05, 0) is 22.8 Å². The number of hydrogen-bond donors (Lipinski definition) is 2. The molecule has 0 bridgehead atoms. The Labute approximate surface area is 208 Å². The lowest BCUT2D eigenvalue weighted by atomic mass is 9.97. The normalized spacial score (nSPS) is 29.5. The number of hydrogen-bond acceptors (Lipinski definition) is 7. The van der Waals surface area contributed by atoms with Crippen molar-refractivity contribution in [2.75, 3.05) is 20.3 Å². The molecule has 8 heteroatoms. The third-order valence-electron chi connectivity index (χ3n) is 6.96. The van der Waals surface area contributed by atoms with Crippen molar-refractivity contribution in [3.05, 3.63) is 88.4 Å². The number of ether oxygens (including phenoxy) is 3. The molecule has 7 nitrogen and oxygen atoms in total. The van der Waals surface area contributed by atoms with Crippen molar-refractivity contribution in [2.24, 2.45) is 0 Å². The Balaban J connectivity index is 1.27. The van der Waals surface area contributed by atoms with Crippen LogP contribution in [0.5, 0.6) is 0 Å². The monoisotopic (exact) mass is 489 g/mol. The number of allylic oxidation sites excluding steroid dienone is 2. The van der Waals surface area contributed by atoms with Crippen molar-refractivity contribution in [3.63, 3.8) is 0 Å². The van der Waals surface area contributed by atoms with E-state index >= 15 is 0 Å². The molecule has 4 aliphatic heterocycles. The average Bonchev–Trinajstić information content (AvgIpc) is 3.55. The Kier molecular flexibility index (Phi) is 5.54. The van der Waals surface area contributed by atoms with E-state index in [0.717, 1.165) is 28.1 Å². The lowest BCUT2D eigenvalue weighted by Gasteiger charge is -2.33. The zero-order chi connectivity index (χ0) is 24.1. The number of fused-ring (bicyclic) bond motifs is 2. The molecule has 0 aliphatic carbocycles. The fourth-order valence-corrected chi connectivity index (χ4v) is 5.62. The van der Waals surface area contributed by atoms with Crippen molar-refractivity contribution >= 4 is 17.3 Å². The van der Waals surface area contributed by atoms with E-state index in [2.05, 4.69) is 35.7 Å². The maximum atomic E-state index is 10.0. The number of aliphatic hydroxyl groups excluding tert-OH is 1. The Morgan fingerprint density at radius 2 is 1.71 bits per heavy atom. The quantitative estimate of drug-likeness (QED) is 0.681. The molecule has 0 saturated carbocycles. The first-order valence-electron chi connectivity index (χ1n) is 11.5. The van der Waals surface area contributed by atoms with Crippen molar-refractivity contribution in [2.45, 2.75) is 30.5 Å². The van der Waals surface area contributed by atoms with E-state index in [4.69, 9.17) is 25.8 Å². The summed E-state index contributed by atoms with van der Waals surface area (Å²) < 4.78 is 17.5. The topological polar surface area (TPSA) is 87.0 Å². The molecule has 178 valence electrons. The molecule has 6 rings (SSSR count). The molecule has 0 spiro atoms. The molecule has 2 N–H and O–H groups in total. The summed E-state index contributed by atoms with van der Waals surface area (Å²) in [6, 6.07) is 20.4. The van der Waals surface area contributed by atoms with Crippen LogP contribution in [0, 0.1) is 11.3 Å². The van der Waals surface area contributed by atoms with Crippen LogP contribution in [0.15, 0.2) is 82.9 Å². The number of benzene rings is 2. The van der Waals surface area contributed by atoms with Crippen molar-refractivity contribution < 1.29 is 19.3 Å². The van der Waals surface area contributed by atoms with E-state index in [9.17, 15) is 10.4 Å². The fourth-order valence-electron chi connectivity index (χ4n) is 5.26. The summed E-state index contributed by atoms with van der Waals surface area (Å²) in [6.07, 6.45) is 0.00371. The third-order valence-corrected chi connectivity index (χ3v) is 7.24. The number of nitrogens with one attached hydrogen (secondary N) is 1. The van der Waals surface area contributed by atoms with Gasteiger partial charge in [0, 0.05) is 12.7 Å². The van der Waals surface area contributed by atoms with Gasteiger partial charge in [-0.1, -0.05) is 66.2 Å². The van der Waals surface area contributed by atoms with E-state index in [-0.39, 0.29) is 25.4 Å². The number of likely N-dealkylation sites (N-methyl/N-ethyl adjacent to an activating group) is 1. The maximum absolute atomic E-state index is 10.0. The molecule has 0 aromatic heterocycles. The predicted molar refractivity (Wildman–Crippen MR) is 130 cm³/mol. The molecule has 0 amide bonds. The predicted octanol–water partition coefficient (Wildman–Crippen LogP) is 3.34. The first kappa shape index (κ1) is 22.2. The first-order valence-corrected chi connectivity index (χ1v) is 11.9. The van der Waals surface area contributed by atoms with Gasteiger partial charge in [0.15, 0.2) is 6.10 Å². The van der Waals surface area contributed by atoms with Crippen LogP contribution in [0.4, 0.5) is 0 Å². The zero-order valence-corrected chi connectivity index (χ0v) is 19.8. The second-order valence-corrected chi connectivity index (χ2v) is 9.46. The average molecular weight is 490 g/mol. The van der Waals surface area contributed by atoms with Crippen molar-refractivity contribution in [1.29, 1.82) is 5.26 Å². The molecule has 2 aromatic rings. The van der Waals surface area contributed by atoms with E-state index < -0.39 is 18.3 Å². The molecule has 2 fully saturated rings. The summed E-state index contributed by atoms with van der Waals surface area (Å²) >= 11 is 6.74. The second kappa shape index (κ2) is 8.74. The molecular formula is C27H24ClN3O4. The fraction of sp³-hybridized carbons (Fsp3) is 0.296. The minimum absolute atomic E-state index is 0.218. The van der Waals surface area contributed by atoms with Crippen LogP contribution >= 0.6 is 11.6 Å². The summed E-state index contributed by atoms with van der Waals surface area (Å²) in [5, 5.41) is 23.9. The Morgan fingerprint density at radius 3 is 2.46 bits per heavy atom. The minimum atomic E-state index is -0.662. The lowest BCUT2D eigenvalue weighted by Crippen LogP contribution is -2.36. The Morgan fingerprint density at radius 1 is 1.03 bits per heavy atom. The van der Waals surface area contributed by atoms with Gasteiger partial charge in [0.05, 0.1) is 23.9 Å². The van der Waals surface area contributed by atoms with E-state index in [0.29, 0.717) is 16.5 Å². The van der Waals surface area contributed by atoms with Crippen LogP contribution in [-0.2, 0) is 14.2 Å². The smallest absolute Gasteiger partial charge is 0.208 e. The third kappa shape index (κ3) is 3.70. The van der Waals surface area contributed by atoms with Gasteiger partial charge in [-0.2, -0.15) is 5.26 Å². The summed E-state index contributed by atoms with van der Waals surface area (Å²) in [6.45, 7) is 0.503. The molecule has 5 atom stereocenters. The Bertz CT molecular complexity index is 1280. The number of halogens is 1. The summed E-state index contributed by atoms with van der Waals surface area (Å²) in [7, 11) is 1.92. The van der Waals surface area contributed by atoms with Crippen LogP contribution in [-0.4, -0.2) is 60.7 Å². The number of aliphatic hydroxyl groups is 1. The van der Waals surface area contributed by atoms with Crippen LogP contribution in [0.25, 0.3) is 16.8 Å². The number of nitriles is 1. The van der Waals surface area contributed by atoms with Crippen LogP contribution in [0.1, 0.15) is 5.56 Å². The standard InChI is InChI=1S/C27H24ClN3O4/c1-31-23(17-9-7-16(8-10-17)15-5-3-2-4-6-15)19(28)11-20-24(31)18(12-29)27(30-20)35-22-14-34-25-21(32)13-33-26(22)25/h2-11,21-22,24-26,30,32H,13-14H2,1H3/t21-,22-,24?,25?,26-/m1/s1. The Hall–Kier alpha value is -3.28. The highest BCUT2D eigenvalue weighted by Gasteiger charge is 2.50. The van der Waals surface area contributed by atoms with E-state index in [1.165, 1.54) is 0 Å². The molecule has 35 heavy (non-hydrogen) atoms. The molecule has 4 aliphatic rings. The first-order chi connectivity index (χ1) is 17.0. The highest BCUT2D eigenvalue weighted by Crippen LogP contribution is 2.41. The highest BCUT2D eigenvalue weighted by molar-refractivity contribution is 6.34. The van der Waals surface area contributed by atoms with Gasteiger partial charge < -0.3 is 29.5 Å². The van der Waals surface area contributed by atoms with E-state index in [1.807, 2.05) is 48.4 Å². The maximum Gasteiger partial charge on any atom is 0.208 e. The van der Waals surface area contributed by atoms with Crippen molar-refractivity contribution in [3.8, 4) is 17.2 Å². The molecule has 2 unspecified atom stereocenters. The largest absolute Gasteiger partial charge is 0.470 e. The summed E-state index contributed by atoms with van der Waals surface area (Å²) in [5.74, 6) is 0.375. The molecule has 0 radical (unpaired) electrons. The van der Waals surface area contributed by atoms with Crippen LogP contribution in [0.2, 0.25) is 0 Å². The van der Waals surface area contributed by atoms with Gasteiger partial charge in [-0.15, -0.1) is 0 Å². The minimum Gasteiger partial charge on any atom is -0.470 e. The van der Waals surface area contributed by atoms with Gasteiger partial charge in [0.25, 0.3) is 0 Å². The zero-order valence-electron chi connectivity index (χ0n) is 19.0.